The Balaban J connectivity index is 1.68. The molecule has 0 saturated carbocycles. The predicted octanol–water partition coefficient (Wildman–Crippen LogP) is 1.38. The van der Waals surface area contributed by atoms with Crippen molar-refractivity contribution in [2.24, 2.45) is 0 Å². The number of piperidine rings is 1. The Morgan fingerprint density at radius 3 is 2.37 bits per heavy atom. The molecule has 1 atom stereocenters. The zero-order chi connectivity index (χ0) is 12.9. The molecule has 0 bridgehead atoms. The van der Waals surface area contributed by atoms with Crippen molar-refractivity contribution in [3.63, 3.8) is 0 Å². The molecule has 0 aliphatic carbocycles. The van der Waals surface area contributed by atoms with Gasteiger partial charge in [-0.15, -0.1) is 0 Å². The molecule has 19 heavy (non-hydrogen) atoms. The Hall–Kier alpha value is -1.18. The monoisotopic (exact) mass is 315 g/mol. The summed E-state index contributed by atoms with van der Waals surface area (Å²) < 4.78 is 2.51. The molecular weight excluding hydrogens is 297 g/mol. The second-order valence-electron chi connectivity index (χ2n) is 4.82. The van der Waals surface area contributed by atoms with Gasteiger partial charge in [0.1, 0.15) is 0 Å². The molecule has 4 heteroatoms. The topological polar surface area (TPSA) is 37.8 Å². The van der Waals surface area contributed by atoms with Crippen molar-refractivity contribution in [2.45, 2.75) is 17.5 Å². The zero-order valence-corrected chi connectivity index (χ0v) is 12.9. The van der Waals surface area contributed by atoms with Crippen LogP contribution in [-0.2, 0) is 0 Å². The van der Waals surface area contributed by atoms with Gasteiger partial charge in [-0.2, -0.15) is 0 Å². The second-order valence-corrected chi connectivity index (χ2v) is 8.35. The van der Waals surface area contributed by atoms with Crippen LogP contribution in [0.3, 0.4) is 0 Å². The first-order valence-electron chi connectivity index (χ1n) is 6.76. The van der Waals surface area contributed by atoms with Crippen LogP contribution < -0.4 is 9.67 Å². The van der Waals surface area contributed by atoms with Crippen molar-refractivity contribution in [3.05, 3.63) is 42.7 Å². The molecule has 1 fully saturated rings. The summed E-state index contributed by atoms with van der Waals surface area (Å²) in [6.07, 6.45) is 6.28. The average molecular weight is 315 g/mol. The van der Waals surface area contributed by atoms with Crippen LogP contribution >= 0.6 is 0 Å². The number of nitrogens with one attached hydrogen (secondary N) is 1. The van der Waals surface area contributed by atoms with Gasteiger partial charge in [0.2, 0.25) is 0 Å². The minimum absolute atomic E-state index is 0.00125. The van der Waals surface area contributed by atoms with Crippen molar-refractivity contribution in [1.82, 2.24) is 15.3 Å². The molecule has 1 aromatic heterocycles. The van der Waals surface area contributed by atoms with E-state index in [-0.39, 0.29) is 15.8 Å². The number of rotatable bonds is 3. The maximum absolute atomic E-state index is 4.29. The van der Waals surface area contributed by atoms with Crippen LogP contribution in [0.25, 0.3) is 11.4 Å². The van der Waals surface area contributed by atoms with E-state index in [1.807, 2.05) is 6.07 Å². The zero-order valence-electron chi connectivity index (χ0n) is 10.8. The molecular formula is C15H18AsN3. The van der Waals surface area contributed by atoms with E-state index in [4.69, 9.17) is 0 Å². The fraction of sp³-hybridized carbons (Fsp3) is 0.333. The molecule has 2 aromatic rings. The van der Waals surface area contributed by atoms with Crippen molar-refractivity contribution in [3.8, 4) is 11.4 Å². The fourth-order valence-corrected chi connectivity index (χ4v) is 5.32. The van der Waals surface area contributed by atoms with Gasteiger partial charge >= 0.3 is 120 Å². The molecule has 1 unspecified atom stereocenters. The van der Waals surface area contributed by atoms with Gasteiger partial charge in [0.25, 0.3) is 0 Å². The van der Waals surface area contributed by atoms with E-state index in [1.165, 1.54) is 25.9 Å². The van der Waals surface area contributed by atoms with Crippen LogP contribution in [0, 0.1) is 0 Å². The van der Waals surface area contributed by atoms with Gasteiger partial charge in [0.15, 0.2) is 0 Å². The van der Waals surface area contributed by atoms with E-state index >= 15 is 0 Å². The third-order valence-corrected chi connectivity index (χ3v) is 6.89. The number of aromatic nitrogens is 2. The van der Waals surface area contributed by atoms with Crippen molar-refractivity contribution in [1.29, 1.82) is 0 Å². The molecule has 2 heterocycles. The summed E-state index contributed by atoms with van der Waals surface area (Å²) in [5.74, 6) is 0.816. The van der Waals surface area contributed by atoms with Crippen LogP contribution in [0.2, 0.25) is 4.71 Å². The summed E-state index contributed by atoms with van der Waals surface area (Å²) in [5, 5.41) is 3.43. The summed E-state index contributed by atoms with van der Waals surface area (Å²) in [6.45, 7) is 2.40. The van der Waals surface area contributed by atoms with Crippen LogP contribution in [0.5, 0.6) is 0 Å². The summed E-state index contributed by atoms with van der Waals surface area (Å²) in [5.41, 5.74) is 1.11. The second kappa shape index (κ2) is 6.31. The Bertz CT molecular complexity index is 507. The quantitative estimate of drug-likeness (QED) is 0.870. The molecule has 1 saturated heterocycles. The van der Waals surface area contributed by atoms with E-state index in [9.17, 15) is 0 Å². The van der Waals surface area contributed by atoms with Crippen molar-refractivity contribution < 1.29 is 0 Å². The van der Waals surface area contributed by atoms with Crippen molar-refractivity contribution in [2.75, 3.05) is 13.1 Å². The molecule has 0 amide bonds. The molecule has 0 spiro atoms. The average Bonchev–Trinajstić information content (AvgIpc) is 2.50. The third-order valence-electron chi connectivity index (χ3n) is 3.42. The van der Waals surface area contributed by atoms with Crippen LogP contribution in [-0.4, -0.2) is 38.8 Å². The predicted molar refractivity (Wildman–Crippen MR) is 80.1 cm³/mol. The molecule has 3 rings (SSSR count). The van der Waals surface area contributed by atoms with Gasteiger partial charge in [-0.1, -0.05) is 0 Å². The molecule has 1 aliphatic rings. The summed E-state index contributed by atoms with van der Waals surface area (Å²) >= 11 is -0.00125. The van der Waals surface area contributed by atoms with Crippen LogP contribution in [0.15, 0.2) is 42.7 Å². The number of nitrogens with zero attached hydrogens (tertiary/aromatic N) is 2. The first-order valence-corrected chi connectivity index (χ1v) is 9.02. The molecule has 1 aliphatic heterocycles. The Morgan fingerprint density at radius 2 is 1.68 bits per heavy atom. The molecule has 1 aromatic carbocycles. The molecule has 3 nitrogen and oxygen atoms in total. The minimum atomic E-state index is -0.00125. The van der Waals surface area contributed by atoms with Gasteiger partial charge in [0.05, 0.1) is 0 Å². The fourth-order valence-electron chi connectivity index (χ4n) is 2.37. The van der Waals surface area contributed by atoms with E-state index in [1.54, 1.807) is 16.7 Å². The van der Waals surface area contributed by atoms with Gasteiger partial charge in [-0.05, 0) is 0 Å². The summed E-state index contributed by atoms with van der Waals surface area (Å²) in [7, 11) is 0. The first kappa shape index (κ1) is 12.8. The molecule has 98 valence electrons. The third kappa shape index (κ3) is 3.43. The number of hydrogen-bond donors (Lipinski definition) is 1. The normalized spacial score (nSPS) is 17.1. The van der Waals surface area contributed by atoms with E-state index < -0.39 is 0 Å². The summed E-state index contributed by atoms with van der Waals surface area (Å²) in [6, 6.07) is 10.7. The SMILES string of the molecule is c1cnc(-c2ccc([AsH]C3CCNCC3)cc2)nc1. The van der Waals surface area contributed by atoms with Gasteiger partial charge in [-0.25, -0.2) is 0 Å². The molecule has 0 radical (unpaired) electrons. The number of hydrogen-bond acceptors (Lipinski definition) is 3. The van der Waals surface area contributed by atoms with Crippen molar-refractivity contribution >= 4 is 20.1 Å². The van der Waals surface area contributed by atoms with E-state index in [2.05, 4.69) is 39.6 Å². The van der Waals surface area contributed by atoms with E-state index in [0.29, 0.717) is 0 Å². The van der Waals surface area contributed by atoms with Crippen LogP contribution in [0.1, 0.15) is 12.8 Å². The van der Waals surface area contributed by atoms with Gasteiger partial charge < -0.3 is 0 Å². The molecule has 1 N–H and O–H groups in total. The van der Waals surface area contributed by atoms with Gasteiger partial charge in [-0.3, -0.25) is 0 Å². The standard InChI is InChI=1S/C15H18AsN3/c1-8-18-15(19-9-1)12-2-4-13(5-3-12)16-14-6-10-17-11-7-14/h1-5,8-9,14,16-17H,6-7,10-11H2. The Kier molecular flexibility index (Phi) is 4.26. The van der Waals surface area contributed by atoms with Gasteiger partial charge in [0, 0.05) is 0 Å². The Labute approximate surface area is 120 Å². The number of benzene rings is 1. The van der Waals surface area contributed by atoms with E-state index in [0.717, 1.165) is 16.1 Å². The maximum atomic E-state index is 4.29. The summed E-state index contributed by atoms with van der Waals surface area (Å²) in [4.78, 5) is 8.57. The first-order chi connectivity index (χ1) is 9.42. The Morgan fingerprint density at radius 1 is 1.00 bits per heavy atom. The van der Waals surface area contributed by atoms with Crippen LogP contribution in [0.4, 0.5) is 0 Å².